The first-order chi connectivity index (χ1) is 17.0. The van der Waals surface area contributed by atoms with Crippen molar-refractivity contribution in [1.82, 2.24) is 20.0 Å². The number of hydrogen-bond acceptors (Lipinski definition) is 4. The molecule has 1 fully saturated rings. The predicted octanol–water partition coefficient (Wildman–Crippen LogP) is 5.10. The van der Waals surface area contributed by atoms with E-state index in [9.17, 15) is 9.18 Å². The lowest BCUT2D eigenvalue weighted by Crippen LogP contribution is -2.48. The van der Waals surface area contributed by atoms with E-state index in [1.807, 2.05) is 40.8 Å². The largest absolute Gasteiger partial charge is 0.379 e. The van der Waals surface area contributed by atoms with Crippen LogP contribution in [0.3, 0.4) is 0 Å². The van der Waals surface area contributed by atoms with Gasteiger partial charge in [0, 0.05) is 41.3 Å². The Labute approximate surface area is 214 Å². The monoisotopic (exact) mass is 514 g/mol. The molecule has 1 aliphatic heterocycles. The molecule has 0 bridgehead atoms. The first kappa shape index (κ1) is 25.2. The van der Waals surface area contributed by atoms with Gasteiger partial charge >= 0.3 is 0 Å². The van der Waals surface area contributed by atoms with Gasteiger partial charge in [0.25, 0.3) is 5.91 Å². The van der Waals surface area contributed by atoms with Gasteiger partial charge in [-0.2, -0.15) is 0 Å². The zero-order valence-corrected chi connectivity index (χ0v) is 20.8. The van der Waals surface area contributed by atoms with Crippen LogP contribution in [0.4, 0.5) is 4.39 Å². The van der Waals surface area contributed by atoms with Crippen LogP contribution >= 0.6 is 23.2 Å². The molecule has 2 aromatic carbocycles. The number of hydrazine groups is 1. The second kappa shape index (κ2) is 11.7. The minimum absolute atomic E-state index is 0.198. The number of imidazole rings is 1. The van der Waals surface area contributed by atoms with Gasteiger partial charge in [0.1, 0.15) is 12.5 Å². The lowest BCUT2D eigenvalue weighted by Gasteiger charge is -2.26. The Morgan fingerprint density at radius 3 is 2.57 bits per heavy atom. The highest BCUT2D eigenvalue weighted by Gasteiger charge is 2.26. The lowest BCUT2D eigenvalue weighted by molar-refractivity contribution is 0.0124. The zero-order chi connectivity index (χ0) is 24.8. The van der Waals surface area contributed by atoms with Crippen LogP contribution in [0.25, 0.3) is 17.1 Å². The third-order valence-corrected chi connectivity index (χ3v) is 6.09. The maximum Gasteiger partial charge on any atom is 0.286 e. The summed E-state index contributed by atoms with van der Waals surface area (Å²) in [5, 5.41) is 2.78. The molecule has 0 aliphatic carbocycles. The number of nitrogens with one attached hydrogen (secondary N) is 1. The molecular weight excluding hydrogens is 490 g/mol. The van der Waals surface area contributed by atoms with Crippen molar-refractivity contribution in [1.29, 1.82) is 0 Å². The standard InChI is InChI=1S/C26H25Cl2FN4O2/c1-2-23-24(26(34)31-32-13-15-35-16-14-32)30-25(21-11-8-19(27)17-22(21)28)33(23)20-9-6-18(7-10-20)5-3-4-12-29/h6-11,17H,2,4,12-16H2,1H3,(H,31,34). The molecule has 182 valence electrons. The van der Waals surface area contributed by atoms with Crippen molar-refractivity contribution >= 4 is 29.1 Å². The van der Waals surface area contributed by atoms with E-state index >= 15 is 0 Å². The van der Waals surface area contributed by atoms with E-state index in [1.54, 1.807) is 18.2 Å². The second-order valence-corrected chi connectivity index (χ2v) is 8.72. The Balaban J connectivity index is 1.80. The summed E-state index contributed by atoms with van der Waals surface area (Å²) in [6.45, 7) is 3.83. The van der Waals surface area contributed by atoms with E-state index in [1.165, 1.54) is 0 Å². The summed E-state index contributed by atoms with van der Waals surface area (Å²) in [5.41, 5.74) is 6.25. The summed E-state index contributed by atoms with van der Waals surface area (Å²) in [7, 11) is 0. The fourth-order valence-corrected chi connectivity index (χ4v) is 4.36. The Kier molecular flexibility index (Phi) is 8.42. The van der Waals surface area contributed by atoms with Crippen LogP contribution < -0.4 is 5.43 Å². The average Bonchev–Trinajstić information content (AvgIpc) is 3.25. The highest BCUT2D eigenvalue weighted by atomic mass is 35.5. The number of amides is 1. The maximum atomic E-state index is 13.3. The molecule has 9 heteroatoms. The van der Waals surface area contributed by atoms with Gasteiger partial charge in [-0.15, -0.1) is 0 Å². The van der Waals surface area contributed by atoms with Crippen molar-refractivity contribution in [3.8, 4) is 28.9 Å². The van der Waals surface area contributed by atoms with Gasteiger partial charge in [-0.25, -0.2) is 9.99 Å². The molecule has 1 aromatic heterocycles. The van der Waals surface area contributed by atoms with E-state index in [4.69, 9.17) is 32.9 Å². The van der Waals surface area contributed by atoms with E-state index in [-0.39, 0.29) is 12.3 Å². The van der Waals surface area contributed by atoms with Gasteiger partial charge in [0.05, 0.1) is 23.9 Å². The van der Waals surface area contributed by atoms with Crippen molar-refractivity contribution in [3.05, 3.63) is 69.5 Å². The quantitative estimate of drug-likeness (QED) is 0.465. The molecule has 1 saturated heterocycles. The molecule has 35 heavy (non-hydrogen) atoms. The van der Waals surface area contributed by atoms with Gasteiger partial charge in [-0.1, -0.05) is 42.0 Å². The number of hydrogen-bond donors (Lipinski definition) is 1. The Morgan fingerprint density at radius 2 is 1.91 bits per heavy atom. The van der Waals surface area contributed by atoms with E-state index in [2.05, 4.69) is 17.3 Å². The Bertz CT molecular complexity index is 1260. The summed E-state index contributed by atoms with van der Waals surface area (Å²) in [6.07, 6.45) is 0.756. The summed E-state index contributed by atoms with van der Waals surface area (Å²) in [4.78, 5) is 18.1. The van der Waals surface area contributed by atoms with Crippen molar-refractivity contribution in [3.63, 3.8) is 0 Å². The molecule has 0 radical (unpaired) electrons. The number of aromatic nitrogens is 2. The van der Waals surface area contributed by atoms with Gasteiger partial charge in [0.2, 0.25) is 0 Å². The van der Waals surface area contributed by atoms with Crippen LogP contribution in [0.5, 0.6) is 0 Å². The number of halogens is 3. The summed E-state index contributed by atoms with van der Waals surface area (Å²) in [5.74, 6) is 6.00. The molecule has 0 saturated carbocycles. The second-order valence-electron chi connectivity index (χ2n) is 7.87. The number of carbonyl (C=O) groups is 1. The van der Waals surface area contributed by atoms with E-state index in [0.717, 1.165) is 16.9 Å². The molecule has 0 spiro atoms. The fourth-order valence-electron chi connectivity index (χ4n) is 3.87. The molecular formula is C26H25Cl2FN4O2. The molecule has 1 aliphatic rings. The third-order valence-electron chi connectivity index (χ3n) is 5.54. The van der Waals surface area contributed by atoms with E-state index < -0.39 is 6.67 Å². The van der Waals surface area contributed by atoms with Gasteiger partial charge in [-0.05, 0) is 48.9 Å². The van der Waals surface area contributed by atoms with Crippen LogP contribution in [0.2, 0.25) is 10.0 Å². The SMILES string of the molecule is CCc1c(C(=O)NN2CCOCC2)nc(-c2ccc(Cl)cc2Cl)n1-c1ccc(C#CCCF)cc1. The van der Waals surface area contributed by atoms with Gasteiger partial charge in [0.15, 0.2) is 5.69 Å². The van der Waals surface area contributed by atoms with Crippen molar-refractivity contribution in [2.24, 2.45) is 0 Å². The number of carbonyl (C=O) groups excluding carboxylic acids is 1. The summed E-state index contributed by atoms with van der Waals surface area (Å²) >= 11 is 12.7. The lowest BCUT2D eigenvalue weighted by atomic mass is 10.1. The summed E-state index contributed by atoms with van der Waals surface area (Å²) in [6, 6.07) is 12.7. The highest BCUT2D eigenvalue weighted by molar-refractivity contribution is 6.36. The van der Waals surface area contributed by atoms with Crippen LogP contribution in [0.15, 0.2) is 42.5 Å². The van der Waals surface area contributed by atoms with Crippen LogP contribution in [0.1, 0.15) is 35.1 Å². The van der Waals surface area contributed by atoms with Crippen LogP contribution in [-0.4, -0.2) is 53.4 Å². The normalized spacial score (nSPS) is 13.8. The smallest absolute Gasteiger partial charge is 0.286 e. The topological polar surface area (TPSA) is 59.4 Å². The molecule has 3 aromatic rings. The number of morpholine rings is 1. The van der Waals surface area contributed by atoms with Crippen molar-refractivity contribution in [2.45, 2.75) is 19.8 Å². The van der Waals surface area contributed by atoms with Crippen molar-refractivity contribution in [2.75, 3.05) is 33.0 Å². The first-order valence-corrected chi connectivity index (χ1v) is 12.1. The molecule has 0 atom stereocenters. The number of ether oxygens (including phenoxy) is 1. The van der Waals surface area contributed by atoms with Crippen LogP contribution in [0, 0.1) is 11.8 Å². The molecule has 1 N–H and O–H groups in total. The Hall–Kier alpha value is -2.89. The number of nitrogens with zero attached hydrogens (tertiary/aromatic N) is 3. The molecule has 0 unspecified atom stereocenters. The molecule has 6 nitrogen and oxygen atoms in total. The van der Waals surface area contributed by atoms with Gasteiger partial charge in [-0.3, -0.25) is 19.2 Å². The van der Waals surface area contributed by atoms with E-state index in [0.29, 0.717) is 59.9 Å². The Morgan fingerprint density at radius 1 is 1.17 bits per heavy atom. The predicted molar refractivity (Wildman–Crippen MR) is 136 cm³/mol. The minimum Gasteiger partial charge on any atom is -0.379 e. The van der Waals surface area contributed by atoms with Crippen LogP contribution in [-0.2, 0) is 11.2 Å². The average molecular weight is 515 g/mol. The third kappa shape index (κ3) is 5.85. The number of benzene rings is 2. The fraction of sp³-hybridized carbons (Fsp3) is 0.308. The number of rotatable bonds is 6. The van der Waals surface area contributed by atoms with Crippen molar-refractivity contribution < 1.29 is 13.9 Å². The molecule has 1 amide bonds. The number of alkyl halides is 1. The van der Waals surface area contributed by atoms with Gasteiger partial charge < -0.3 is 4.74 Å². The molecule has 2 heterocycles. The maximum absolute atomic E-state index is 13.3. The zero-order valence-electron chi connectivity index (χ0n) is 19.3. The molecule has 4 rings (SSSR count). The highest BCUT2D eigenvalue weighted by Crippen LogP contribution is 2.33. The minimum atomic E-state index is -0.472. The summed E-state index contributed by atoms with van der Waals surface area (Å²) < 4.78 is 19.7. The first-order valence-electron chi connectivity index (χ1n) is 11.4.